The molecule has 8 nitrogen and oxygen atoms in total. The molecule has 0 aliphatic heterocycles. The van der Waals surface area contributed by atoms with Gasteiger partial charge in [-0.25, -0.2) is 9.48 Å². The van der Waals surface area contributed by atoms with Gasteiger partial charge in [0.05, 0.1) is 12.6 Å². The van der Waals surface area contributed by atoms with Crippen molar-refractivity contribution < 1.29 is 19.1 Å². The predicted molar refractivity (Wildman–Crippen MR) is 90.4 cm³/mol. The van der Waals surface area contributed by atoms with Gasteiger partial charge in [0.15, 0.2) is 6.61 Å². The summed E-state index contributed by atoms with van der Waals surface area (Å²) in [5.41, 5.74) is 2.60. The lowest BCUT2D eigenvalue weighted by Gasteiger charge is -2.08. The van der Waals surface area contributed by atoms with E-state index in [1.165, 1.54) is 7.11 Å². The van der Waals surface area contributed by atoms with E-state index in [1.54, 1.807) is 54.2 Å². The van der Waals surface area contributed by atoms with Crippen LogP contribution >= 0.6 is 0 Å². The quantitative estimate of drug-likeness (QED) is 0.711. The summed E-state index contributed by atoms with van der Waals surface area (Å²) >= 11 is 0. The molecule has 2 aromatic carbocycles. The van der Waals surface area contributed by atoms with Crippen LogP contribution in [0, 0.1) is 0 Å². The molecule has 3 aromatic rings. The Morgan fingerprint density at radius 2 is 1.92 bits per heavy atom. The number of aryl methyl sites for hydroxylation is 1. The predicted octanol–water partition coefficient (Wildman–Crippen LogP) is 1.77. The van der Waals surface area contributed by atoms with Gasteiger partial charge < -0.3 is 14.8 Å². The molecular formula is C17H16N4O4. The topological polar surface area (TPSA) is 95.3 Å². The average molecular weight is 340 g/mol. The molecule has 0 spiro atoms. The van der Waals surface area contributed by atoms with Crippen molar-refractivity contribution in [2.75, 3.05) is 19.0 Å². The molecule has 1 amide bonds. The normalized spacial score (nSPS) is 10.5. The summed E-state index contributed by atoms with van der Waals surface area (Å²) in [5.74, 6) is -0.211. The molecule has 8 heteroatoms. The van der Waals surface area contributed by atoms with Gasteiger partial charge in [-0.1, -0.05) is 5.21 Å². The van der Waals surface area contributed by atoms with Gasteiger partial charge >= 0.3 is 5.97 Å². The highest BCUT2D eigenvalue weighted by atomic mass is 16.6. The first-order valence-corrected chi connectivity index (χ1v) is 7.47. The van der Waals surface area contributed by atoms with Crippen LogP contribution in [-0.2, 0) is 16.6 Å². The van der Waals surface area contributed by atoms with Crippen LogP contribution in [0.2, 0.25) is 0 Å². The second kappa shape index (κ2) is 7.00. The van der Waals surface area contributed by atoms with E-state index in [0.717, 1.165) is 5.52 Å². The standard InChI is InChI=1S/C17H16N4O4/c1-21-15-8-3-11(9-14(15)19-20-21)17(23)18-12-4-6-13(7-5-12)25-10-16(22)24-2/h3-9H,10H2,1-2H3,(H,18,23). The van der Waals surface area contributed by atoms with Gasteiger partial charge in [0, 0.05) is 18.3 Å². The number of rotatable bonds is 5. The molecule has 1 N–H and O–H groups in total. The monoisotopic (exact) mass is 340 g/mol. The van der Waals surface area contributed by atoms with E-state index in [2.05, 4.69) is 20.4 Å². The fourth-order valence-electron chi connectivity index (χ4n) is 2.22. The molecule has 0 unspecified atom stereocenters. The number of benzene rings is 2. The van der Waals surface area contributed by atoms with Gasteiger partial charge in [-0.3, -0.25) is 4.79 Å². The molecule has 0 radical (unpaired) electrons. The molecule has 3 rings (SSSR count). The summed E-state index contributed by atoms with van der Waals surface area (Å²) in [5, 5.41) is 10.7. The molecule has 0 fully saturated rings. The second-order valence-electron chi connectivity index (χ2n) is 5.26. The number of hydrogen-bond acceptors (Lipinski definition) is 6. The minimum absolute atomic E-state index is 0.166. The van der Waals surface area contributed by atoms with Crippen LogP contribution in [0.1, 0.15) is 10.4 Å². The van der Waals surface area contributed by atoms with Gasteiger partial charge in [-0.05, 0) is 42.5 Å². The molecule has 0 saturated carbocycles. The van der Waals surface area contributed by atoms with Crippen molar-refractivity contribution in [1.82, 2.24) is 15.0 Å². The molecule has 0 aliphatic carbocycles. The first-order valence-electron chi connectivity index (χ1n) is 7.47. The molecule has 1 aromatic heterocycles. The van der Waals surface area contributed by atoms with Crippen LogP contribution in [0.25, 0.3) is 11.0 Å². The minimum atomic E-state index is -0.461. The maximum Gasteiger partial charge on any atom is 0.343 e. The number of carbonyl (C=O) groups excluding carboxylic acids is 2. The maximum absolute atomic E-state index is 12.3. The number of carbonyl (C=O) groups is 2. The number of hydrogen-bond donors (Lipinski definition) is 1. The lowest BCUT2D eigenvalue weighted by Crippen LogP contribution is -2.13. The van der Waals surface area contributed by atoms with Crippen LogP contribution in [0.3, 0.4) is 0 Å². The molecule has 0 aliphatic rings. The van der Waals surface area contributed by atoms with Crippen LogP contribution in [-0.4, -0.2) is 40.6 Å². The smallest absolute Gasteiger partial charge is 0.343 e. The fourth-order valence-corrected chi connectivity index (χ4v) is 2.22. The first kappa shape index (κ1) is 16.4. The van der Waals surface area contributed by atoms with Gasteiger partial charge in [0.25, 0.3) is 5.91 Å². The van der Waals surface area contributed by atoms with Crippen molar-refractivity contribution in [3.63, 3.8) is 0 Å². The zero-order valence-corrected chi connectivity index (χ0v) is 13.7. The number of nitrogens with zero attached hydrogens (tertiary/aromatic N) is 3. The van der Waals surface area contributed by atoms with Crippen molar-refractivity contribution in [2.24, 2.45) is 7.05 Å². The Hall–Kier alpha value is -3.42. The first-order chi connectivity index (χ1) is 12.1. The number of fused-ring (bicyclic) bond motifs is 1. The van der Waals surface area contributed by atoms with Crippen molar-refractivity contribution in [1.29, 1.82) is 0 Å². The Bertz CT molecular complexity index is 918. The Kier molecular flexibility index (Phi) is 4.60. The number of esters is 1. The Labute approximate surface area is 143 Å². The fraction of sp³-hybridized carbons (Fsp3) is 0.176. The molecule has 0 bridgehead atoms. The maximum atomic E-state index is 12.3. The van der Waals surface area contributed by atoms with Crippen molar-refractivity contribution in [3.05, 3.63) is 48.0 Å². The number of nitrogens with one attached hydrogen (secondary N) is 1. The van der Waals surface area contributed by atoms with Gasteiger partial charge in [0.1, 0.15) is 11.3 Å². The highest BCUT2D eigenvalue weighted by molar-refractivity contribution is 6.05. The molecule has 0 atom stereocenters. The van der Waals surface area contributed by atoms with Crippen molar-refractivity contribution >= 4 is 28.6 Å². The summed E-state index contributed by atoms with van der Waals surface area (Å²) in [6.45, 7) is -0.166. The molecule has 25 heavy (non-hydrogen) atoms. The molecule has 0 saturated heterocycles. The van der Waals surface area contributed by atoms with E-state index < -0.39 is 5.97 Å². The van der Waals surface area contributed by atoms with E-state index >= 15 is 0 Å². The summed E-state index contributed by atoms with van der Waals surface area (Å²) in [7, 11) is 3.08. The highest BCUT2D eigenvalue weighted by Gasteiger charge is 2.10. The van der Waals surface area contributed by atoms with Crippen LogP contribution in [0.5, 0.6) is 5.75 Å². The number of anilines is 1. The van der Waals surface area contributed by atoms with Crippen molar-refractivity contribution in [3.8, 4) is 5.75 Å². The summed E-state index contributed by atoms with van der Waals surface area (Å²) in [6.07, 6.45) is 0. The van der Waals surface area contributed by atoms with Crippen LogP contribution in [0.4, 0.5) is 5.69 Å². The van der Waals surface area contributed by atoms with E-state index in [9.17, 15) is 9.59 Å². The van der Waals surface area contributed by atoms with Gasteiger partial charge in [-0.15, -0.1) is 5.10 Å². The van der Waals surface area contributed by atoms with Crippen LogP contribution < -0.4 is 10.1 Å². The Morgan fingerprint density at radius 1 is 1.16 bits per heavy atom. The summed E-state index contributed by atoms with van der Waals surface area (Å²) in [4.78, 5) is 23.4. The van der Waals surface area contributed by atoms with Crippen LogP contribution in [0.15, 0.2) is 42.5 Å². The summed E-state index contributed by atoms with van der Waals surface area (Å²) < 4.78 is 11.4. The molecular weight excluding hydrogens is 324 g/mol. The lowest BCUT2D eigenvalue weighted by atomic mass is 10.2. The van der Waals surface area contributed by atoms with E-state index in [-0.39, 0.29) is 12.5 Å². The van der Waals surface area contributed by atoms with E-state index in [1.807, 2.05) is 0 Å². The molecule has 1 heterocycles. The molecule has 128 valence electrons. The number of aromatic nitrogens is 3. The average Bonchev–Trinajstić information content (AvgIpc) is 3.01. The summed E-state index contributed by atoms with van der Waals surface area (Å²) in [6, 6.07) is 11.9. The third-order valence-corrected chi connectivity index (χ3v) is 3.57. The Balaban J connectivity index is 1.66. The highest BCUT2D eigenvalue weighted by Crippen LogP contribution is 2.18. The number of methoxy groups -OCH3 is 1. The number of ether oxygens (including phenoxy) is 2. The lowest BCUT2D eigenvalue weighted by molar-refractivity contribution is -0.142. The second-order valence-corrected chi connectivity index (χ2v) is 5.26. The zero-order valence-electron chi connectivity index (χ0n) is 13.7. The van der Waals surface area contributed by atoms with Gasteiger partial charge in [0.2, 0.25) is 0 Å². The largest absolute Gasteiger partial charge is 0.482 e. The van der Waals surface area contributed by atoms with E-state index in [0.29, 0.717) is 22.5 Å². The third-order valence-electron chi connectivity index (χ3n) is 3.57. The van der Waals surface area contributed by atoms with E-state index in [4.69, 9.17) is 4.74 Å². The third kappa shape index (κ3) is 3.74. The van der Waals surface area contributed by atoms with Gasteiger partial charge in [-0.2, -0.15) is 0 Å². The van der Waals surface area contributed by atoms with Crippen molar-refractivity contribution in [2.45, 2.75) is 0 Å². The Morgan fingerprint density at radius 3 is 2.64 bits per heavy atom. The number of amides is 1. The SMILES string of the molecule is COC(=O)COc1ccc(NC(=O)c2ccc3c(c2)nnn3C)cc1. The minimum Gasteiger partial charge on any atom is -0.482 e. The zero-order chi connectivity index (χ0) is 17.8.